The van der Waals surface area contributed by atoms with Crippen LogP contribution in [0.15, 0.2) is 78.9 Å². The van der Waals surface area contributed by atoms with E-state index in [2.05, 4.69) is 0 Å². The Kier molecular flexibility index (Phi) is 10.9. The Hall–Kier alpha value is -4.44. The van der Waals surface area contributed by atoms with Gasteiger partial charge in [-0.25, -0.2) is 4.79 Å². The van der Waals surface area contributed by atoms with Crippen molar-refractivity contribution in [3.05, 3.63) is 105 Å². The molecule has 0 heterocycles. The number of ketones is 1. The lowest BCUT2D eigenvalue weighted by atomic mass is 10.0. The van der Waals surface area contributed by atoms with Crippen molar-refractivity contribution in [1.82, 2.24) is 0 Å². The number of esters is 1. The lowest BCUT2D eigenvalue weighted by Crippen LogP contribution is -2.38. The summed E-state index contributed by atoms with van der Waals surface area (Å²) < 4.78 is 27.0. The fraction of sp³-hybridized carbons (Fsp3) is 0.156. The van der Waals surface area contributed by atoms with E-state index < -0.39 is 18.6 Å². The maximum atomic E-state index is 13.2. The molecule has 0 aliphatic carbocycles. The van der Waals surface area contributed by atoms with Crippen molar-refractivity contribution >= 4 is 58.3 Å². The van der Waals surface area contributed by atoms with Crippen LogP contribution in [0, 0.1) is 0 Å². The predicted octanol–water partition coefficient (Wildman–Crippen LogP) is 8.26. The number of benzene rings is 4. The first-order valence-electron chi connectivity index (χ1n) is 13.1. The Labute approximate surface area is 268 Å². The normalized spacial score (nSPS) is 10.5. The Bertz CT molecular complexity index is 1640. The maximum Gasteiger partial charge on any atom is 0.420 e. The van der Waals surface area contributed by atoms with Crippen LogP contribution in [0.2, 0.25) is 15.1 Å². The summed E-state index contributed by atoms with van der Waals surface area (Å²) in [6, 6.07) is 20.2. The van der Waals surface area contributed by atoms with Crippen molar-refractivity contribution in [3.63, 3.8) is 0 Å². The average Bonchev–Trinajstić information content (AvgIpc) is 3.02. The van der Waals surface area contributed by atoms with Crippen LogP contribution in [-0.4, -0.2) is 45.2 Å². The number of hydrogen-bond acceptors (Lipinski definition) is 8. The minimum atomic E-state index is -0.885. The summed E-state index contributed by atoms with van der Waals surface area (Å²) in [4.78, 5) is 39.8. The average molecular weight is 659 g/mol. The zero-order valence-corrected chi connectivity index (χ0v) is 26.0. The van der Waals surface area contributed by atoms with E-state index in [-0.39, 0.29) is 50.9 Å². The lowest BCUT2D eigenvalue weighted by molar-refractivity contribution is -0.141. The minimum Gasteiger partial charge on any atom is -0.497 e. The van der Waals surface area contributed by atoms with Crippen LogP contribution >= 0.6 is 34.8 Å². The molecule has 4 aromatic carbocycles. The Morgan fingerprint density at radius 2 is 1.36 bits per heavy atom. The van der Waals surface area contributed by atoms with Crippen LogP contribution < -0.4 is 23.8 Å². The number of halogens is 3. The molecule has 4 aromatic rings. The number of ether oxygens (including phenoxy) is 5. The van der Waals surface area contributed by atoms with Gasteiger partial charge in [-0.2, -0.15) is 0 Å². The van der Waals surface area contributed by atoms with Crippen molar-refractivity contribution in [1.29, 1.82) is 0 Å². The van der Waals surface area contributed by atoms with E-state index in [1.54, 1.807) is 55.5 Å². The molecule has 0 fully saturated rings. The molecule has 9 nitrogen and oxygen atoms in total. The second-order valence-corrected chi connectivity index (χ2v) is 10.2. The number of hydrogen-bond donors (Lipinski definition) is 0. The van der Waals surface area contributed by atoms with Gasteiger partial charge < -0.3 is 23.7 Å². The molecule has 0 aliphatic heterocycles. The van der Waals surface area contributed by atoms with Crippen LogP contribution in [0.5, 0.6) is 28.7 Å². The minimum absolute atomic E-state index is 0.0139. The summed E-state index contributed by atoms with van der Waals surface area (Å²) >= 11 is 19.1. The fourth-order valence-electron chi connectivity index (χ4n) is 4.00. The van der Waals surface area contributed by atoms with Crippen molar-refractivity contribution in [2.75, 3.05) is 32.3 Å². The molecule has 0 spiro atoms. The van der Waals surface area contributed by atoms with Crippen LogP contribution in [-0.2, 0) is 9.53 Å². The number of carbonyl (C=O) groups excluding carboxylic acids is 3. The summed E-state index contributed by atoms with van der Waals surface area (Å²) in [5.41, 5.74) is 0.777. The first-order chi connectivity index (χ1) is 21.1. The first-order valence-corrected chi connectivity index (χ1v) is 14.2. The SMILES string of the molecule is CCOC(=O)CN(C(=O)Oc1ccc(OC)cc1)c1cc(Cl)c(Oc2ccc(OC)c(C(=O)c3ccc(Cl)cc3)c2)c(Cl)c1. The Morgan fingerprint density at radius 3 is 1.95 bits per heavy atom. The topological polar surface area (TPSA) is 101 Å². The van der Waals surface area contributed by atoms with E-state index in [0.29, 0.717) is 22.1 Å². The first kappa shape index (κ1) is 32.5. The van der Waals surface area contributed by atoms with Crippen LogP contribution in [0.1, 0.15) is 22.8 Å². The van der Waals surface area contributed by atoms with E-state index in [1.807, 2.05) is 0 Å². The van der Waals surface area contributed by atoms with Crippen molar-refractivity contribution in [3.8, 4) is 28.7 Å². The van der Waals surface area contributed by atoms with Crippen molar-refractivity contribution < 1.29 is 38.1 Å². The molecule has 228 valence electrons. The fourth-order valence-corrected chi connectivity index (χ4v) is 4.68. The van der Waals surface area contributed by atoms with Gasteiger partial charge in [-0.05, 0) is 85.8 Å². The number of carbonyl (C=O) groups is 3. The van der Waals surface area contributed by atoms with E-state index >= 15 is 0 Å². The lowest BCUT2D eigenvalue weighted by Gasteiger charge is -2.22. The van der Waals surface area contributed by atoms with Gasteiger partial charge in [0.25, 0.3) is 0 Å². The van der Waals surface area contributed by atoms with Crippen LogP contribution in [0.3, 0.4) is 0 Å². The third kappa shape index (κ3) is 7.93. The molecule has 0 N–H and O–H groups in total. The third-order valence-corrected chi connectivity index (χ3v) is 6.93. The zero-order valence-electron chi connectivity index (χ0n) is 23.8. The van der Waals surface area contributed by atoms with E-state index in [4.69, 9.17) is 58.5 Å². The largest absolute Gasteiger partial charge is 0.497 e. The number of methoxy groups -OCH3 is 2. The predicted molar refractivity (Wildman–Crippen MR) is 167 cm³/mol. The Balaban J connectivity index is 1.63. The third-order valence-electron chi connectivity index (χ3n) is 6.11. The second kappa shape index (κ2) is 14.8. The molecular weight excluding hydrogens is 633 g/mol. The van der Waals surface area contributed by atoms with Gasteiger partial charge in [0.2, 0.25) is 0 Å². The van der Waals surface area contributed by atoms with Gasteiger partial charge in [-0.3, -0.25) is 14.5 Å². The van der Waals surface area contributed by atoms with E-state index in [0.717, 1.165) is 4.90 Å². The smallest absolute Gasteiger partial charge is 0.420 e. The molecule has 0 saturated carbocycles. The highest BCUT2D eigenvalue weighted by molar-refractivity contribution is 6.37. The molecule has 0 bridgehead atoms. The summed E-state index contributed by atoms with van der Waals surface area (Å²) in [6.45, 7) is 1.27. The van der Waals surface area contributed by atoms with Gasteiger partial charge in [-0.15, -0.1) is 0 Å². The molecule has 44 heavy (non-hydrogen) atoms. The number of anilines is 1. The highest BCUT2D eigenvalue weighted by Crippen LogP contribution is 2.41. The molecule has 0 atom stereocenters. The second-order valence-electron chi connectivity index (χ2n) is 8.97. The summed E-state index contributed by atoms with van der Waals surface area (Å²) in [6.07, 6.45) is -0.885. The highest BCUT2D eigenvalue weighted by atomic mass is 35.5. The van der Waals surface area contributed by atoms with E-state index in [1.165, 1.54) is 44.6 Å². The van der Waals surface area contributed by atoms with Crippen LogP contribution in [0.4, 0.5) is 10.5 Å². The van der Waals surface area contributed by atoms with Gasteiger partial charge in [0.05, 0.1) is 42.1 Å². The van der Waals surface area contributed by atoms with E-state index in [9.17, 15) is 14.4 Å². The maximum absolute atomic E-state index is 13.2. The van der Waals surface area contributed by atoms with Gasteiger partial charge >= 0.3 is 12.1 Å². The van der Waals surface area contributed by atoms with Gasteiger partial charge in [-0.1, -0.05) is 34.8 Å². The van der Waals surface area contributed by atoms with Crippen LogP contribution in [0.25, 0.3) is 0 Å². The molecule has 0 aromatic heterocycles. The number of nitrogens with zero attached hydrogens (tertiary/aromatic N) is 1. The quantitative estimate of drug-likeness (QED) is 0.117. The summed E-state index contributed by atoms with van der Waals surface area (Å²) in [5, 5.41) is 0.521. The molecule has 0 saturated heterocycles. The Morgan fingerprint density at radius 1 is 0.750 bits per heavy atom. The molecule has 4 rings (SSSR count). The summed E-state index contributed by atoms with van der Waals surface area (Å²) in [7, 11) is 2.96. The summed E-state index contributed by atoms with van der Waals surface area (Å²) in [5.74, 6) is 0.402. The highest BCUT2D eigenvalue weighted by Gasteiger charge is 2.25. The zero-order chi connectivity index (χ0) is 31.8. The standard InChI is InChI=1S/C32H26Cl3NO8/c1-4-42-29(37)18-36(32(39)44-23-11-9-22(40-2)10-12-23)21-15-26(34)31(27(35)16-21)43-24-13-14-28(41-3)25(17-24)30(38)19-5-7-20(33)8-6-19/h5-17H,4,18H2,1-3H3. The van der Waals surface area contributed by atoms with Gasteiger partial charge in [0.1, 0.15) is 29.5 Å². The molecular formula is C32H26Cl3NO8. The molecule has 1 amide bonds. The molecule has 0 radical (unpaired) electrons. The monoisotopic (exact) mass is 657 g/mol. The molecule has 12 heteroatoms. The van der Waals surface area contributed by atoms with Crippen molar-refractivity contribution in [2.45, 2.75) is 6.92 Å². The van der Waals surface area contributed by atoms with Gasteiger partial charge in [0.15, 0.2) is 11.5 Å². The van der Waals surface area contributed by atoms with Gasteiger partial charge in [0, 0.05) is 10.6 Å². The molecule has 0 aliphatic rings. The number of amides is 1. The number of rotatable bonds is 11. The molecule has 0 unspecified atom stereocenters. The van der Waals surface area contributed by atoms with Crippen molar-refractivity contribution in [2.24, 2.45) is 0 Å².